The van der Waals surface area contributed by atoms with Gasteiger partial charge in [-0.25, -0.2) is 0 Å². The number of nitrogens with one attached hydrogen (secondary N) is 1. The second kappa shape index (κ2) is 18.1. The summed E-state index contributed by atoms with van der Waals surface area (Å²) >= 11 is 0. The number of carboxylic acid groups (broad SMARTS) is 1. The summed E-state index contributed by atoms with van der Waals surface area (Å²) in [4.78, 5) is 95.5. The Morgan fingerprint density at radius 2 is 1.30 bits per heavy atom. The number of rotatable bonds is 15. The van der Waals surface area contributed by atoms with Gasteiger partial charge in [-0.15, -0.1) is 0 Å². The highest BCUT2D eigenvalue weighted by molar-refractivity contribution is 6.10. The first-order valence-electron chi connectivity index (χ1n) is 21.6. The Hall–Kier alpha value is -5.15. The summed E-state index contributed by atoms with van der Waals surface area (Å²) in [7, 11) is 6.60. The Bertz CT molecular complexity index is 2130. The Morgan fingerprint density at radius 1 is 0.746 bits per heavy atom. The van der Waals surface area contributed by atoms with Crippen molar-refractivity contribution in [2.24, 2.45) is 54.4 Å². The van der Waals surface area contributed by atoms with Gasteiger partial charge in [0.25, 0.3) is 0 Å². The van der Waals surface area contributed by atoms with Gasteiger partial charge in [0.2, 0.25) is 0 Å². The predicted molar refractivity (Wildman–Crippen MR) is 234 cm³/mol. The molecule has 1 saturated heterocycles. The van der Waals surface area contributed by atoms with Crippen molar-refractivity contribution < 1.29 is 57.6 Å². The number of methoxy groups -OCH3 is 5. The molecule has 5 aliphatic heterocycles. The van der Waals surface area contributed by atoms with Crippen LogP contribution in [0.1, 0.15) is 120 Å². The average molecular weight is 879 g/mol. The molecular weight excluding hydrogens is 813 g/mol. The lowest BCUT2D eigenvalue weighted by molar-refractivity contribution is -0.147. The van der Waals surface area contributed by atoms with Gasteiger partial charge >= 0.3 is 35.8 Å². The van der Waals surface area contributed by atoms with Crippen LogP contribution >= 0.6 is 0 Å². The van der Waals surface area contributed by atoms with Crippen molar-refractivity contribution in [3.8, 4) is 0 Å². The SMILES string of the molecule is COC(=O)CC[C@@H]1C2=C(C)C3=NC([C@H](CC(=O)OC)[C@@]3(C)CCC(=O)OC)[C@]3(C)N=C(/C(C)=C4\NC(=CC(=N2)C1(C)C)C[C@]4(C)CC(=O)O)[C@@H](CCC(=O)OC)[C@]3(C)CC(=O)OC. The van der Waals surface area contributed by atoms with Crippen molar-refractivity contribution >= 4 is 53.0 Å². The molecule has 0 radical (unpaired) electrons. The van der Waals surface area contributed by atoms with E-state index in [-0.39, 0.29) is 63.3 Å². The molecule has 0 aromatic heterocycles. The Morgan fingerprint density at radius 3 is 1.86 bits per heavy atom. The second-order valence-corrected chi connectivity index (χ2v) is 19.3. The third-order valence-electron chi connectivity index (χ3n) is 15.3. The fourth-order valence-corrected chi connectivity index (χ4v) is 11.4. The van der Waals surface area contributed by atoms with Crippen molar-refractivity contribution in [1.82, 2.24) is 5.32 Å². The van der Waals surface area contributed by atoms with Crippen LogP contribution in [0.3, 0.4) is 0 Å². The van der Waals surface area contributed by atoms with Crippen LogP contribution in [0.4, 0.5) is 0 Å². The summed E-state index contributed by atoms with van der Waals surface area (Å²) in [6.07, 6.45) is 2.65. The fourth-order valence-electron chi connectivity index (χ4n) is 11.4. The van der Waals surface area contributed by atoms with Gasteiger partial charge < -0.3 is 34.1 Å². The number of carboxylic acids is 1. The molecule has 63 heavy (non-hydrogen) atoms. The number of allylic oxidation sites excluding steroid dienone is 6. The molecule has 1 unspecified atom stereocenters. The van der Waals surface area contributed by atoms with Crippen LogP contribution in [0.5, 0.6) is 0 Å². The van der Waals surface area contributed by atoms with Crippen LogP contribution in [0, 0.1) is 39.4 Å². The Balaban J connectivity index is 1.98. The van der Waals surface area contributed by atoms with Crippen molar-refractivity contribution in [3.05, 3.63) is 34.3 Å². The molecule has 0 amide bonds. The van der Waals surface area contributed by atoms with Gasteiger partial charge in [0.05, 0.1) is 66.4 Å². The van der Waals surface area contributed by atoms with Crippen molar-refractivity contribution in [2.75, 3.05) is 35.5 Å². The Kier molecular flexibility index (Phi) is 14.1. The van der Waals surface area contributed by atoms with Crippen molar-refractivity contribution in [1.29, 1.82) is 0 Å². The van der Waals surface area contributed by atoms with Crippen LogP contribution < -0.4 is 5.32 Å². The largest absolute Gasteiger partial charge is 0.481 e. The topological polar surface area (TPSA) is 218 Å². The number of aliphatic carboxylic acids is 1. The van der Waals surface area contributed by atoms with Crippen LogP contribution in [-0.2, 0) is 52.5 Å². The third-order valence-corrected chi connectivity index (χ3v) is 15.3. The lowest BCUT2D eigenvalue weighted by atomic mass is 9.55. The van der Waals surface area contributed by atoms with E-state index < -0.39 is 74.9 Å². The minimum absolute atomic E-state index is 0.0116. The van der Waals surface area contributed by atoms with E-state index in [1.165, 1.54) is 35.5 Å². The monoisotopic (exact) mass is 878 g/mol. The molecule has 8 bridgehead atoms. The fraction of sp³-hybridized carbons (Fsp3) is 0.681. The van der Waals surface area contributed by atoms with Gasteiger partial charge in [0, 0.05) is 92.9 Å². The van der Waals surface area contributed by atoms with E-state index in [0.717, 1.165) is 5.70 Å². The summed E-state index contributed by atoms with van der Waals surface area (Å²) in [6.45, 7) is 15.7. The highest BCUT2D eigenvalue weighted by Gasteiger charge is 2.66. The van der Waals surface area contributed by atoms with E-state index >= 15 is 0 Å². The van der Waals surface area contributed by atoms with E-state index in [0.29, 0.717) is 52.5 Å². The number of carbonyl (C=O) groups is 6. The van der Waals surface area contributed by atoms with E-state index in [1.807, 2.05) is 47.6 Å². The van der Waals surface area contributed by atoms with E-state index in [9.17, 15) is 33.9 Å². The summed E-state index contributed by atoms with van der Waals surface area (Å²) in [5, 5.41) is 14.0. The molecule has 0 saturated carbocycles. The number of fused-ring (bicyclic) bond motifs is 6. The maximum atomic E-state index is 13.8. The lowest BCUT2D eigenvalue weighted by Crippen LogP contribution is -2.55. The molecule has 346 valence electrons. The smallest absolute Gasteiger partial charge is 0.306 e. The van der Waals surface area contributed by atoms with Gasteiger partial charge in [-0.1, -0.05) is 34.6 Å². The van der Waals surface area contributed by atoms with Gasteiger partial charge in [-0.05, 0) is 63.7 Å². The maximum Gasteiger partial charge on any atom is 0.306 e. The van der Waals surface area contributed by atoms with E-state index in [4.69, 9.17) is 38.7 Å². The van der Waals surface area contributed by atoms with Gasteiger partial charge in [-0.2, -0.15) is 0 Å². The predicted octanol–water partition coefficient (Wildman–Crippen LogP) is 6.27. The standard InChI is InChI=1S/C47H66N4O12/c1-25-38-28(14-16-33(54)59-9)43(3,4)31(49-38)20-27-22-44(5,23-32(52)53)40(48-27)26(2)39-29(15-17-34(55)60-10)46(7,24-37(58)63-13)47(8,51-39)42-30(21-36(57)62-12)45(6,41(25)50-42)19-18-35(56)61-11/h20,28-30,42,48H,14-19,21-24H2,1-13H3,(H,52,53)/b27-20?,38-25?,40-26-/t28-,29-,30+,42?,44-,45-,46+,47+/m1/s1. The van der Waals surface area contributed by atoms with Crippen LogP contribution in [-0.4, -0.2) is 105 Å². The van der Waals surface area contributed by atoms with Gasteiger partial charge in [0.1, 0.15) is 0 Å². The van der Waals surface area contributed by atoms with Gasteiger partial charge in [0.15, 0.2) is 0 Å². The first-order chi connectivity index (χ1) is 29.4. The normalized spacial score (nSPS) is 32.8. The Labute approximate surface area is 370 Å². The molecule has 2 N–H and O–H groups in total. The molecule has 16 heteroatoms. The number of hydrogen-bond acceptors (Lipinski definition) is 15. The second-order valence-electron chi connectivity index (χ2n) is 19.3. The molecule has 0 spiro atoms. The van der Waals surface area contributed by atoms with Crippen LogP contribution in [0.15, 0.2) is 49.3 Å². The first-order valence-corrected chi connectivity index (χ1v) is 21.6. The number of nitrogens with zero attached hydrogens (tertiary/aromatic N) is 3. The zero-order valence-corrected chi connectivity index (χ0v) is 39.2. The van der Waals surface area contributed by atoms with Crippen molar-refractivity contribution in [2.45, 2.75) is 131 Å². The molecule has 16 nitrogen and oxygen atoms in total. The first kappa shape index (κ1) is 48.9. The number of carbonyl (C=O) groups excluding carboxylic acids is 5. The minimum atomic E-state index is -1.31. The molecule has 8 atom stereocenters. The molecule has 0 aromatic carbocycles. The van der Waals surface area contributed by atoms with Crippen LogP contribution in [0.2, 0.25) is 0 Å². The summed E-state index contributed by atoms with van der Waals surface area (Å²) < 4.78 is 26.0. The highest BCUT2D eigenvalue weighted by Crippen LogP contribution is 2.62. The zero-order chi connectivity index (χ0) is 47.0. The van der Waals surface area contributed by atoms with Crippen LogP contribution in [0.25, 0.3) is 0 Å². The van der Waals surface area contributed by atoms with E-state index in [1.54, 1.807) is 0 Å². The van der Waals surface area contributed by atoms with Crippen molar-refractivity contribution in [3.63, 3.8) is 0 Å². The minimum Gasteiger partial charge on any atom is -0.481 e. The molecule has 5 heterocycles. The number of esters is 5. The van der Waals surface area contributed by atoms with E-state index in [2.05, 4.69) is 19.2 Å². The summed E-state index contributed by atoms with van der Waals surface area (Å²) in [5.74, 6) is -4.93. The summed E-state index contributed by atoms with van der Waals surface area (Å²) in [5.41, 5.74) is 0.223. The third kappa shape index (κ3) is 8.74. The molecule has 0 aliphatic carbocycles. The average Bonchev–Trinajstić information content (AvgIpc) is 3.87. The molecule has 1 fully saturated rings. The lowest BCUT2D eigenvalue weighted by Gasteiger charge is -2.48. The molecule has 5 aliphatic rings. The molecule has 5 rings (SSSR count). The number of hydrogen-bond donors (Lipinski definition) is 2. The summed E-state index contributed by atoms with van der Waals surface area (Å²) in [6, 6.07) is -0.845. The molecule has 0 aromatic rings. The number of aliphatic imine (C=N–C) groups is 3. The zero-order valence-electron chi connectivity index (χ0n) is 39.2. The number of ether oxygens (including phenoxy) is 5. The van der Waals surface area contributed by atoms with Gasteiger partial charge in [-0.3, -0.25) is 43.7 Å². The molecular formula is C47H66N4O12. The highest BCUT2D eigenvalue weighted by atomic mass is 16.5. The quantitative estimate of drug-likeness (QED) is 0.137. The maximum absolute atomic E-state index is 13.8.